The average Bonchev–Trinajstić information content (AvgIpc) is 3.22. The molecular formula is C23H25N5O4. The summed E-state index contributed by atoms with van der Waals surface area (Å²) >= 11 is 0. The molecule has 0 saturated heterocycles. The molecule has 2 aromatic carbocycles. The van der Waals surface area contributed by atoms with Gasteiger partial charge in [-0.2, -0.15) is 5.10 Å². The van der Waals surface area contributed by atoms with Crippen LogP contribution in [0.4, 0.5) is 10.5 Å². The molecule has 0 aliphatic carbocycles. The molecule has 0 fully saturated rings. The van der Waals surface area contributed by atoms with Gasteiger partial charge in [0, 0.05) is 11.1 Å². The zero-order valence-corrected chi connectivity index (χ0v) is 18.1. The van der Waals surface area contributed by atoms with Crippen molar-refractivity contribution in [2.75, 3.05) is 18.1 Å². The van der Waals surface area contributed by atoms with Gasteiger partial charge in [-0.15, -0.1) is 0 Å². The van der Waals surface area contributed by atoms with E-state index in [4.69, 9.17) is 15.2 Å². The van der Waals surface area contributed by atoms with Crippen LogP contribution in [0.5, 0.6) is 11.5 Å². The molecule has 0 spiro atoms. The Kier molecular flexibility index (Phi) is 5.72. The fraction of sp³-hybridized carbons (Fsp3) is 0.261. The Hall–Kier alpha value is -4.01. The highest BCUT2D eigenvalue weighted by Gasteiger charge is 2.36. The molecule has 4 rings (SSSR count). The van der Waals surface area contributed by atoms with Crippen LogP contribution in [-0.2, 0) is 4.79 Å². The number of benzene rings is 2. The Balaban J connectivity index is 1.79. The van der Waals surface area contributed by atoms with Crippen molar-refractivity contribution < 1.29 is 19.1 Å². The average molecular weight is 435 g/mol. The summed E-state index contributed by atoms with van der Waals surface area (Å²) in [6.45, 7) is 6.41. The van der Waals surface area contributed by atoms with Gasteiger partial charge in [0.25, 0.3) is 0 Å². The van der Waals surface area contributed by atoms with Crippen LogP contribution in [0.15, 0.2) is 53.9 Å². The van der Waals surface area contributed by atoms with Crippen LogP contribution in [0.2, 0.25) is 0 Å². The summed E-state index contributed by atoms with van der Waals surface area (Å²) in [5.74, 6) is 0.515. The molecule has 9 nitrogen and oxygen atoms in total. The number of rotatable bonds is 7. The van der Waals surface area contributed by atoms with Crippen molar-refractivity contribution in [3.63, 3.8) is 0 Å². The van der Waals surface area contributed by atoms with E-state index in [-0.39, 0.29) is 6.03 Å². The zero-order valence-electron chi connectivity index (χ0n) is 18.1. The lowest BCUT2D eigenvalue weighted by Crippen LogP contribution is -2.48. The van der Waals surface area contributed by atoms with E-state index in [9.17, 15) is 9.59 Å². The Labute approximate surface area is 185 Å². The molecule has 4 N–H and O–H groups in total. The minimum Gasteiger partial charge on any atom is -0.490 e. The number of nitrogens with zero attached hydrogens (tertiary/aromatic N) is 2. The molecule has 1 atom stereocenters. The van der Waals surface area contributed by atoms with E-state index in [1.165, 1.54) is 4.90 Å². The quantitative estimate of drug-likeness (QED) is 0.525. The van der Waals surface area contributed by atoms with Gasteiger partial charge in [0.15, 0.2) is 11.5 Å². The number of aromatic amines is 1. The van der Waals surface area contributed by atoms with Crippen molar-refractivity contribution >= 4 is 28.5 Å². The third kappa shape index (κ3) is 3.73. The zero-order chi connectivity index (χ0) is 22.8. The molecule has 1 aliphatic heterocycles. The molecule has 1 aromatic heterocycles. The van der Waals surface area contributed by atoms with Crippen LogP contribution < -0.4 is 25.4 Å². The van der Waals surface area contributed by atoms with Gasteiger partial charge in [-0.1, -0.05) is 6.07 Å². The fourth-order valence-corrected chi connectivity index (χ4v) is 3.94. The first-order chi connectivity index (χ1) is 15.4. The summed E-state index contributed by atoms with van der Waals surface area (Å²) in [5, 5.41) is 10.7. The first kappa shape index (κ1) is 21.2. The summed E-state index contributed by atoms with van der Waals surface area (Å²) < 4.78 is 11.3. The second-order valence-electron chi connectivity index (χ2n) is 7.30. The maximum absolute atomic E-state index is 13.2. The molecule has 1 unspecified atom stereocenters. The first-order valence-electron chi connectivity index (χ1n) is 10.4. The first-order valence-corrected chi connectivity index (χ1v) is 10.4. The number of carbonyl (C=O) groups is 2. The largest absolute Gasteiger partial charge is 0.490 e. The highest BCUT2D eigenvalue weighted by molar-refractivity contribution is 6.05. The number of hydrogen-bond acceptors (Lipinski definition) is 5. The lowest BCUT2D eigenvalue weighted by atomic mass is 9.93. The highest BCUT2D eigenvalue weighted by Crippen LogP contribution is 2.37. The van der Waals surface area contributed by atoms with Gasteiger partial charge in [0.1, 0.15) is 0 Å². The van der Waals surface area contributed by atoms with Crippen molar-refractivity contribution in [2.45, 2.75) is 26.8 Å². The molecule has 2 heterocycles. The number of primary amides is 1. The van der Waals surface area contributed by atoms with E-state index in [2.05, 4.69) is 15.5 Å². The smallest absolute Gasteiger partial charge is 0.326 e. The standard InChI is InChI=1S/C23H25N5O4/c1-4-31-18-9-6-14(11-19(18)32-5-2)21-20(22(24)29)13(3)28(23(30)26-21)16-7-8-17-15(10-16)12-25-27-17/h6-12,21H,4-5H2,1-3H3,(H2,24,29)(H,25,27)(H,26,30). The summed E-state index contributed by atoms with van der Waals surface area (Å²) in [5.41, 5.74) is 8.65. The van der Waals surface area contributed by atoms with Crippen LogP contribution in [-0.4, -0.2) is 35.3 Å². The highest BCUT2D eigenvalue weighted by atomic mass is 16.5. The molecule has 166 valence electrons. The van der Waals surface area contributed by atoms with Crippen molar-refractivity contribution in [3.8, 4) is 11.5 Å². The maximum atomic E-state index is 13.2. The Bertz CT molecular complexity index is 1220. The van der Waals surface area contributed by atoms with Crippen LogP contribution in [0.1, 0.15) is 32.4 Å². The van der Waals surface area contributed by atoms with Gasteiger partial charge in [0.05, 0.1) is 42.2 Å². The van der Waals surface area contributed by atoms with E-state index in [1.54, 1.807) is 37.4 Å². The van der Waals surface area contributed by atoms with E-state index in [0.29, 0.717) is 47.2 Å². The van der Waals surface area contributed by atoms with Gasteiger partial charge in [-0.05, 0) is 56.7 Å². The lowest BCUT2D eigenvalue weighted by molar-refractivity contribution is -0.115. The van der Waals surface area contributed by atoms with Gasteiger partial charge < -0.3 is 20.5 Å². The van der Waals surface area contributed by atoms with Gasteiger partial charge in [-0.25, -0.2) is 4.79 Å². The number of carbonyl (C=O) groups excluding carboxylic acids is 2. The van der Waals surface area contributed by atoms with Gasteiger partial charge >= 0.3 is 6.03 Å². The molecule has 3 amide bonds. The molecule has 32 heavy (non-hydrogen) atoms. The van der Waals surface area contributed by atoms with E-state index >= 15 is 0 Å². The number of hydrogen-bond donors (Lipinski definition) is 3. The number of amides is 3. The number of aromatic nitrogens is 2. The van der Waals surface area contributed by atoms with Gasteiger partial charge in [0.2, 0.25) is 5.91 Å². The number of urea groups is 1. The minimum atomic E-state index is -0.719. The third-order valence-electron chi connectivity index (χ3n) is 5.33. The molecule has 9 heteroatoms. The minimum absolute atomic E-state index is 0.295. The Morgan fingerprint density at radius 3 is 2.59 bits per heavy atom. The Morgan fingerprint density at radius 1 is 1.12 bits per heavy atom. The number of anilines is 1. The number of fused-ring (bicyclic) bond motifs is 1. The number of nitrogens with two attached hydrogens (primary N) is 1. The van der Waals surface area contributed by atoms with E-state index in [1.807, 2.05) is 26.0 Å². The molecule has 1 aliphatic rings. The van der Waals surface area contributed by atoms with E-state index in [0.717, 1.165) is 10.9 Å². The molecule has 0 bridgehead atoms. The summed E-state index contributed by atoms with van der Waals surface area (Å²) in [7, 11) is 0. The van der Waals surface area contributed by atoms with Crippen LogP contribution in [0, 0.1) is 0 Å². The summed E-state index contributed by atoms with van der Waals surface area (Å²) in [4.78, 5) is 27.1. The molecule has 0 radical (unpaired) electrons. The van der Waals surface area contributed by atoms with Gasteiger partial charge in [-0.3, -0.25) is 14.8 Å². The number of H-pyrrole nitrogens is 1. The predicted molar refractivity (Wildman–Crippen MR) is 121 cm³/mol. The van der Waals surface area contributed by atoms with Crippen LogP contribution in [0.3, 0.4) is 0 Å². The molecule has 0 saturated carbocycles. The Morgan fingerprint density at radius 2 is 1.88 bits per heavy atom. The summed E-state index contributed by atoms with van der Waals surface area (Å²) in [6, 6.07) is 9.68. The number of allylic oxidation sites excluding steroid dienone is 1. The normalized spacial score (nSPS) is 16.3. The summed E-state index contributed by atoms with van der Waals surface area (Å²) in [6.07, 6.45) is 1.67. The molecule has 3 aromatic rings. The second kappa shape index (κ2) is 8.62. The topological polar surface area (TPSA) is 123 Å². The van der Waals surface area contributed by atoms with Crippen LogP contribution in [0.25, 0.3) is 10.9 Å². The van der Waals surface area contributed by atoms with Crippen LogP contribution >= 0.6 is 0 Å². The van der Waals surface area contributed by atoms with Crippen molar-refractivity contribution in [2.24, 2.45) is 5.73 Å². The second-order valence-corrected chi connectivity index (χ2v) is 7.30. The number of nitrogens with one attached hydrogen (secondary N) is 2. The monoisotopic (exact) mass is 435 g/mol. The SMILES string of the molecule is CCOc1ccc(C2NC(=O)N(c3ccc4[nH]ncc4c3)C(C)=C2C(N)=O)cc1OCC. The maximum Gasteiger partial charge on any atom is 0.326 e. The van der Waals surface area contributed by atoms with Crippen molar-refractivity contribution in [3.05, 3.63) is 59.4 Å². The van der Waals surface area contributed by atoms with Crippen molar-refractivity contribution in [1.82, 2.24) is 15.5 Å². The van der Waals surface area contributed by atoms with Crippen molar-refractivity contribution in [1.29, 1.82) is 0 Å². The fourth-order valence-electron chi connectivity index (χ4n) is 3.94. The van der Waals surface area contributed by atoms with E-state index < -0.39 is 11.9 Å². The number of ether oxygens (including phenoxy) is 2. The third-order valence-corrected chi connectivity index (χ3v) is 5.33. The lowest BCUT2D eigenvalue weighted by Gasteiger charge is -2.35. The molecular weight excluding hydrogens is 410 g/mol. The predicted octanol–water partition coefficient (Wildman–Crippen LogP) is 3.39.